The number of rotatable bonds is 5. The summed E-state index contributed by atoms with van der Waals surface area (Å²) >= 11 is 0. The van der Waals surface area contributed by atoms with E-state index in [-0.39, 0.29) is 25.3 Å². The van der Waals surface area contributed by atoms with Crippen molar-refractivity contribution < 1.29 is 37.3 Å². The van der Waals surface area contributed by atoms with E-state index in [2.05, 4.69) is 4.98 Å². The van der Waals surface area contributed by atoms with Crippen molar-refractivity contribution in [3.05, 3.63) is 58.7 Å². The zero-order chi connectivity index (χ0) is 27.1. The van der Waals surface area contributed by atoms with Crippen LogP contribution in [-0.2, 0) is 22.3 Å². The second-order valence-electron chi connectivity index (χ2n) is 9.86. The van der Waals surface area contributed by atoms with Crippen molar-refractivity contribution in [3.8, 4) is 11.3 Å². The Morgan fingerprint density at radius 1 is 1.22 bits per heavy atom. The lowest BCUT2D eigenvalue weighted by molar-refractivity contribution is -0.0418. The van der Waals surface area contributed by atoms with Crippen LogP contribution >= 0.6 is 0 Å². The van der Waals surface area contributed by atoms with E-state index in [0.29, 0.717) is 30.4 Å². The summed E-state index contributed by atoms with van der Waals surface area (Å²) in [6.07, 6.45) is 1.40. The van der Waals surface area contributed by atoms with Gasteiger partial charge in [-0.05, 0) is 51.0 Å². The number of ether oxygens (including phenoxy) is 2. The van der Waals surface area contributed by atoms with Crippen molar-refractivity contribution in [1.82, 2.24) is 14.3 Å². The number of imidazole rings is 1. The highest BCUT2D eigenvalue weighted by molar-refractivity contribution is 5.89. The predicted molar refractivity (Wildman–Crippen MR) is 128 cm³/mol. The Morgan fingerprint density at radius 3 is 2.59 bits per heavy atom. The predicted octanol–water partition coefficient (Wildman–Crippen LogP) is 4.86. The van der Waals surface area contributed by atoms with Crippen LogP contribution in [0.25, 0.3) is 16.9 Å². The minimum atomic E-state index is -1.79. The molecule has 1 N–H and O–H groups in total. The Labute approximate surface area is 211 Å². The maximum atomic E-state index is 15.1. The van der Waals surface area contributed by atoms with Crippen LogP contribution < -0.4 is 0 Å². The molecular weight excluding hydrogens is 491 g/mol. The van der Waals surface area contributed by atoms with Crippen LogP contribution in [-0.4, -0.2) is 62.9 Å². The quantitative estimate of drug-likeness (QED) is 0.484. The van der Waals surface area contributed by atoms with Crippen LogP contribution in [0.15, 0.2) is 24.4 Å². The number of fused-ring (bicyclic) bond motifs is 1. The van der Waals surface area contributed by atoms with Crippen LogP contribution in [0.1, 0.15) is 49.3 Å². The first-order chi connectivity index (χ1) is 17.4. The molecule has 4 rings (SSSR count). The number of carboxylic acid groups (broad SMARTS) is 1. The minimum absolute atomic E-state index is 0.0858. The van der Waals surface area contributed by atoms with Gasteiger partial charge < -0.3 is 23.9 Å². The number of aromatic carboxylic acids is 1. The zero-order valence-corrected chi connectivity index (χ0v) is 21.0. The monoisotopic (exact) mass is 519 g/mol. The smallest absolute Gasteiger partial charge is 0.410 e. The van der Waals surface area contributed by atoms with Gasteiger partial charge in [-0.15, -0.1) is 0 Å². The van der Waals surface area contributed by atoms with Crippen LogP contribution in [0.3, 0.4) is 0 Å². The molecule has 0 bridgehead atoms. The molecule has 0 radical (unpaired) electrons. The molecule has 11 heteroatoms. The molecule has 1 aliphatic rings. The number of hydrogen-bond donors (Lipinski definition) is 1. The van der Waals surface area contributed by atoms with Crippen LogP contribution in [0.5, 0.6) is 0 Å². The van der Waals surface area contributed by atoms with Crippen molar-refractivity contribution in [1.29, 1.82) is 0 Å². The molecule has 1 unspecified atom stereocenters. The Balaban J connectivity index is 1.77. The first-order valence-corrected chi connectivity index (χ1v) is 11.9. The Bertz CT molecular complexity index is 1370. The van der Waals surface area contributed by atoms with E-state index < -0.39 is 52.3 Å². The summed E-state index contributed by atoms with van der Waals surface area (Å²) in [7, 11) is 0. The number of pyridine rings is 1. The van der Waals surface area contributed by atoms with Gasteiger partial charge in [-0.1, -0.05) is 6.92 Å². The molecule has 0 saturated carbocycles. The number of morpholine rings is 1. The van der Waals surface area contributed by atoms with Gasteiger partial charge in [-0.2, -0.15) is 0 Å². The number of carbonyl (C=O) groups is 2. The van der Waals surface area contributed by atoms with Gasteiger partial charge in [0.1, 0.15) is 22.6 Å². The van der Waals surface area contributed by atoms with Gasteiger partial charge in [0.2, 0.25) is 0 Å². The molecule has 1 fully saturated rings. The van der Waals surface area contributed by atoms with Gasteiger partial charge in [0.05, 0.1) is 36.2 Å². The van der Waals surface area contributed by atoms with Gasteiger partial charge in [0, 0.05) is 19.2 Å². The van der Waals surface area contributed by atoms with E-state index in [1.54, 1.807) is 37.4 Å². The van der Waals surface area contributed by atoms with Crippen molar-refractivity contribution in [2.45, 2.75) is 52.2 Å². The Hall–Kier alpha value is -3.60. The molecule has 1 aromatic carbocycles. The fourth-order valence-corrected chi connectivity index (χ4v) is 4.27. The highest BCUT2D eigenvalue weighted by Gasteiger charge is 2.32. The molecule has 3 heterocycles. The minimum Gasteiger partial charge on any atom is -0.478 e. The van der Waals surface area contributed by atoms with Gasteiger partial charge in [0.25, 0.3) is 0 Å². The zero-order valence-electron chi connectivity index (χ0n) is 21.0. The topological polar surface area (TPSA) is 93.4 Å². The maximum Gasteiger partial charge on any atom is 0.410 e. The first-order valence-electron chi connectivity index (χ1n) is 11.9. The molecule has 1 amide bonds. The Morgan fingerprint density at radius 2 is 1.95 bits per heavy atom. The highest BCUT2D eigenvalue weighted by Crippen LogP contribution is 2.33. The Kier molecular flexibility index (Phi) is 7.18. The molecular formula is C26H28F3N3O5. The lowest BCUT2D eigenvalue weighted by atomic mass is 10.0. The van der Waals surface area contributed by atoms with Gasteiger partial charge in [-0.3, -0.25) is 0 Å². The number of halogens is 3. The standard InChI is InChI=1S/C26H28F3N3O5/c1-5-14-6-7-32-18(11-15-13-31(8-9-36-15)25(35)37-26(2,3)4)23(30-19(32)10-14)20-17(27)12-16(24(33)34)21(28)22(20)29/h6-7,10,12,15H,5,8-9,11,13H2,1-4H3,(H,33,34). The summed E-state index contributed by atoms with van der Waals surface area (Å²) in [6.45, 7) is 7.92. The van der Waals surface area contributed by atoms with Crippen molar-refractivity contribution in [2.24, 2.45) is 0 Å². The van der Waals surface area contributed by atoms with Gasteiger partial charge in [0.15, 0.2) is 11.6 Å². The maximum absolute atomic E-state index is 15.1. The molecule has 1 aliphatic heterocycles. The molecule has 198 valence electrons. The fourth-order valence-electron chi connectivity index (χ4n) is 4.27. The average molecular weight is 520 g/mol. The van der Waals surface area contributed by atoms with Gasteiger partial charge in [-0.25, -0.2) is 27.7 Å². The molecule has 37 heavy (non-hydrogen) atoms. The number of benzene rings is 1. The number of hydrogen-bond acceptors (Lipinski definition) is 5. The summed E-state index contributed by atoms with van der Waals surface area (Å²) < 4.78 is 57.7. The van der Waals surface area contributed by atoms with E-state index in [1.165, 1.54) is 4.90 Å². The summed E-state index contributed by atoms with van der Waals surface area (Å²) in [5.41, 5.74) is -1.09. The normalized spacial score (nSPS) is 16.3. The van der Waals surface area contributed by atoms with E-state index in [0.717, 1.165) is 5.56 Å². The summed E-state index contributed by atoms with van der Waals surface area (Å²) in [5, 5.41) is 9.11. The van der Waals surface area contributed by atoms with Crippen LogP contribution in [0.4, 0.5) is 18.0 Å². The molecule has 8 nitrogen and oxygen atoms in total. The van der Waals surface area contributed by atoms with Crippen molar-refractivity contribution in [3.63, 3.8) is 0 Å². The summed E-state index contributed by atoms with van der Waals surface area (Å²) in [6, 6.07) is 4.03. The number of nitrogens with zero attached hydrogens (tertiary/aromatic N) is 3. The summed E-state index contributed by atoms with van der Waals surface area (Å²) in [4.78, 5) is 29.7. The molecule has 3 aromatic rings. The molecule has 0 aliphatic carbocycles. The number of carbonyl (C=O) groups excluding carboxylic acids is 1. The lowest BCUT2D eigenvalue weighted by Crippen LogP contribution is -2.48. The van der Waals surface area contributed by atoms with E-state index in [4.69, 9.17) is 14.6 Å². The molecule has 2 aromatic heterocycles. The number of carboxylic acids is 1. The number of amides is 1. The first kappa shape index (κ1) is 26.5. The molecule has 0 spiro atoms. The van der Waals surface area contributed by atoms with E-state index in [1.807, 2.05) is 13.0 Å². The largest absolute Gasteiger partial charge is 0.478 e. The second-order valence-corrected chi connectivity index (χ2v) is 9.86. The van der Waals surface area contributed by atoms with Crippen LogP contribution in [0.2, 0.25) is 0 Å². The average Bonchev–Trinajstić information content (AvgIpc) is 3.17. The molecule has 1 atom stereocenters. The SMILES string of the molecule is CCc1ccn2c(CC3CN(C(=O)OC(C)(C)C)CCO3)c(-c3c(F)cc(C(=O)O)c(F)c3F)nc2c1. The number of aromatic nitrogens is 2. The van der Waals surface area contributed by atoms with Crippen LogP contribution in [0, 0.1) is 17.5 Å². The third-order valence-corrected chi connectivity index (χ3v) is 6.04. The highest BCUT2D eigenvalue weighted by atomic mass is 19.2. The van der Waals surface area contributed by atoms with E-state index >= 15 is 8.78 Å². The summed E-state index contributed by atoms with van der Waals surface area (Å²) in [5.74, 6) is -6.36. The van der Waals surface area contributed by atoms with E-state index in [9.17, 15) is 14.0 Å². The van der Waals surface area contributed by atoms with Crippen molar-refractivity contribution >= 4 is 17.7 Å². The van der Waals surface area contributed by atoms with Gasteiger partial charge >= 0.3 is 12.1 Å². The fraction of sp³-hybridized carbons (Fsp3) is 0.423. The van der Waals surface area contributed by atoms with Crippen molar-refractivity contribution in [2.75, 3.05) is 19.7 Å². The number of aryl methyl sites for hydroxylation is 1. The molecule has 1 saturated heterocycles. The third-order valence-electron chi connectivity index (χ3n) is 6.04. The lowest BCUT2D eigenvalue weighted by Gasteiger charge is -2.34. The third kappa shape index (κ3) is 5.41. The second kappa shape index (κ2) is 10.0.